The molecule has 2 aromatic carbocycles. The van der Waals surface area contributed by atoms with E-state index < -0.39 is 11.2 Å². The minimum absolute atomic E-state index is 0.0211. The smallest absolute Gasteiger partial charge is 0.264 e. The number of hydrogen-bond acceptors (Lipinski definition) is 4. The molecule has 4 bridgehead atoms. The van der Waals surface area contributed by atoms with Gasteiger partial charge in [-0.3, -0.25) is 14.3 Å². The average Bonchev–Trinajstić information content (AvgIpc) is 3.24. The highest BCUT2D eigenvalue weighted by atomic mass is 32.2. The van der Waals surface area contributed by atoms with Gasteiger partial charge >= 0.3 is 0 Å². The second kappa shape index (κ2) is 12.7. The highest BCUT2D eigenvalue weighted by molar-refractivity contribution is 7.81. The van der Waals surface area contributed by atoms with Crippen LogP contribution in [0, 0.1) is 0 Å². The minimum Gasteiger partial charge on any atom is -0.497 e. The van der Waals surface area contributed by atoms with Crippen LogP contribution in [0.3, 0.4) is 0 Å². The van der Waals surface area contributed by atoms with Crippen molar-refractivity contribution < 1.29 is 18.5 Å². The molecule has 0 saturated heterocycles. The first-order valence-electron chi connectivity index (χ1n) is 15.6. The lowest BCUT2D eigenvalue weighted by Gasteiger charge is -2.24. The first-order valence-corrected chi connectivity index (χ1v) is 16.7. The molecule has 1 unspecified atom stereocenters. The lowest BCUT2D eigenvalue weighted by atomic mass is 9.81. The number of likely N-dealkylation sites (N-methyl/N-ethyl adjacent to an activating group) is 1. The van der Waals surface area contributed by atoms with E-state index in [0.717, 1.165) is 72.0 Å². The second-order valence-electron chi connectivity index (χ2n) is 12.2. The molecule has 43 heavy (non-hydrogen) atoms. The maximum Gasteiger partial charge on any atom is 0.264 e. The zero-order valence-corrected chi connectivity index (χ0v) is 26.3. The van der Waals surface area contributed by atoms with Crippen molar-refractivity contribution in [1.82, 2.24) is 18.5 Å². The summed E-state index contributed by atoms with van der Waals surface area (Å²) in [6.07, 6.45) is 11.6. The predicted molar refractivity (Wildman–Crippen MR) is 172 cm³/mol. The van der Waals surface area contributed by atoms with Gasteiger partial charge in [-0.05, 0) is 79.1 Å². The number of ether oxygens (including phenoxy) is 1. The maximum absolute atomic E-state index is 14.0. The van der Waals surface area contributed by atoms with Crippen molar-refractivity contribution in [3.63, 3.8) is 0 Å². The monoisotopic (exact) mass is 602 g/mol. The van der Waals surface area contributed by atoms with Crippen molar-refractivity contribution in [2.45, 2.75) is 70.3 Å². The summed E-state index contributed by atoms with van der Waals surface area (Å²) < 4.78 is 25.2. The third-order valence-electron chi connectivity index (χ3n) is 9.35. The number of methoxy groups -OCH3 is 1. The summed E-state index contributed by atoms with van der Waals surface area (Å²) >= 11 is -1.62. The first-order chi connectivity index (χ1) is 20.9. The van der Waals surface area contributed by atoms with Crippen molar-refractivity contribution in [1.29, 1.82) is 0 Å². The van der Waals surface area contributed by atoms with Crippen LogP contribution in [0.2, 0.25) is 0 Å². The Balaban J connectivity index is 1.57. The number of aromatic nitrogens is 1. The van der Waals surface area contributed by atoms with Crippen molar-refractivity contribution >= 4 is 40.0 Å². The zero-order valence-electron chi connectivity index (χ0n) is 25.5. The summed E-state index contributed by atoms with van der Waals surface area (Å²) in [5.74, 6) is 0.798. The number of nitrogens with one attached hydrogen (secondary N) is 1. The molecular weight excluding hydrogens is 560 g/mol. The highest BCUT2D eigenvalue weighted by Gasteiger charge is 2.31. The van der Waals surface area contributed by atoms with Gasteiger partial charge in [0, 0.05) is 54.8 Å². The van der Waals surface area contributed by atoms with Gasteiger partial charge in [-0.15, -0.1) is 0 Å². The summed E-state index contributed by atoms with van der Waals surface area (Å²) in [5, 5.41) is 1.12. The Labute approximate surface area is 256 Å². The van der Waals surface area contributed by atoms with E-state index in [4.69, 9.17) is 4.74 Å². The quantitative estimate of drug-likeness (QED) is 0.388. The topological polar surface area (TPSA) is 83.9 Å². The summed E-state index contributed by atoms with van der Waals surface area (Å²) in [5.41, 5.74) is 6.56. The van der Waals surface area contributed by atoms with Gasteiger partial charge in [-0.2, -0.15) is 0 Å². The van der Waals surface area contributed by atoms with Gasteiger partial charge < -0.3 is 14.2 Å². The Hall–Kier alpha value is -3.43. The van der Waals surface area contributed by atoms with Crippen LogP contribution in [0.15, 0.2) is 42.0 Å². The third kappa shape index (κ3) is 5.89. The number of carbonyl (C=O) groups excluding carboxylic acids is 2. The number of rotatable bonds is 2. The Morgan fingerprint density at radius 3 is 2.42 bits per heavy atom. The van der Waals surface area contributed by atoms with Gasteiger partial charge in [0.05, 0.1) is 19.3 Å². The molecule has 8 nitrogen and oxygen atoms in total. The molecule has 3 aliphatic rings. The van der Waals surface area contributed by atoms with Gasteiger partial charge in [-0.25, -0.2) is 8.51 Å². The van der Waals surface area contributed by atoms with Gasteiger partial charge in [0.1, 0.15) is 5.75 Å². The number of carbonyl (C=O) groups is 2. The van der Waals surface area contributed by atoms with Crippen molar-refractivity contribution in [3.8, 4) is 17.0 Å². The number of fused-ring (bicyclic) bond motifs is 4. The lowest BCUT2D eigenvalue weighted by Crippen LogP contribution is -2.36. The Bertz CT molecular complexity index is 1600. The van der Waals surface area contributed by atoms with E-state index >= 15 is 0 Å². The molecular formula is C34H42N4O4S. The zero-order chi connectivity index (χ0) is 30.1. The molecule has 3 heterocycles. The van der Waals surface area contributed by atoms with Gasteiger partial charge in [0.25, 0.3) is 11.8 Å². The second-order valence-corrected chi connectivity index (χ2v) is 13.5. The van der Waals surface area contributed by atoms with E-state index in [2.05, 4.69) is 21.4 Å². The van der Waals surface area contributed by atoms with Crippen LogP contribution < -0.4 is 9.46 Å². The van der Waals surface area contributed by atoms with E-state index in [9.17, 15) is 13.8 Å². The van der Waals surface area contributed by atoms with E-state index in [1.807, 2.05) is 42.3 Å². The standard InChI is InChI=1S/C34H42N4O4S/c1-36-17-9-4-5-10-18-37(2)43(41)35-33(39)24-13-15-29-30(21-24)38-22-26(34(36)40)19-25-20-27(42-3)14-16-28(25)32(38)31(29)23-11-7-6-8-12-23/h13-16,19-21,23H,4-12,17-18,22H2,1-3H3,(H,35,39). The number of benzene rings is 2. The van der Waals surface area contributed by atoms with Crippen LogP contribution in [-0.2, 0) is 22.5 Å². The Kier molecular flexibility index (Phi) is 8.73. The predicted octanol–water partition coefficient (Wildman–Crippen LogP) is 6.03. The SMILES string of the molecule is COc1ccc2c(c1)C=C1Cn3c-2c(C2CCCCC2)c2ccc(cc23)C(=O)NS(=O)N(C)CCCCCCN(C)C1=O. The van der Waals surface area contributed by atoms with Crippen molar-refractivity contribution in [3.05, 3.63) is 58.7 Å². The van der Waals surface area contributed by atoms with Crippen LogP contribution >= 0.6 is 0 Å². The molecule has 9 heteroatoms. The number of nitrogens with zero attached hydrogens (tertiary/aromatic N) is 3. The molecule has 6 rings (SSSR count). The molecule has 1 fully saturated rings. The molecule has 3 aromatic rings. The largest absolute Gasteiger partial charge is 0.497 e. The number of amides is 2. The van der Waals surface area contributed by atoms with Crippen molar-refractivity contribution in [2.24, 2.45) is 0 Å². The lowest BCUT2D eigenvalue weighted by molar-refractivity contribution is -0.126. The van der Waals surface area contributed by atoms with E-state index in [-0.39, 0.29) is 11.8 Å². The molecule has 1 atom stereocenters. The molecule has 1 saturated carbocycles. The van der Waals surface area contributed by atoms with E-state index in [1.165, 1.54) is 24.8 Å². The normalized spacial score (nSPS) is 21.2. The molecule has 228 valence electrons. The third-order valence-corrected chi connectivity index (χ3v) is 10.5. The van der Waals surface area contributed by atoms with Gasteiger partial charge in [0.2, 0.25) is 0 Å². The van der Waals surface area contributed by atoms with Crippen LogP contribution in [0.1, 0.15) is 85.2 Å². The molecule has 1 aromatic heterocycles. The Morgan fingerprint density at radius 1 is 0.907 bits per heavy atom. The molecule has 0 spiro atoms. The Morgan fingerprint density at radius 2 is 1.65 bits per heavy atom. The number of hydrogen-bond donors (Lipinski definition) is 1. The summed E-state index contributed by atoms with van der Waals surface area (Å²) in [6, 6.07) is 12.0. The van der Waals surface area contributed by atoms with Crippen LogP contribution in [0.25, 0.3) is 28.2 Å². The van der Waals surface area contributed by atoms with Gasteiger partial charge in [0.15, 0.2) is 11.2 Å². The maximum atomic E-state index is 14.0. The van der Waals surface area contributed by atoms with Gasteiger partial charge in [-0.1, -0.05) is 38.2 Å². The molecule has 1 N–H and O–H groups in total. The summed E-state index contributed by atoms with van der Waals surface area (Å²) in [4.78, 5) is 29.2. The van der Waals surface area contributed by atoms with Crippen molar-refractivity contribution in [2.75, 3.05) is 34.3 Å². The summed E-state index contributed by atoms with van der Waals surface area (Å²) in [7, 11) is 5.33. The molecule has 1 aliphatic carbocycles. The van der Waals surface area contributed by atoms with Crippen LogP contribution in [0.5, 0.6) is 5.75 Å². The summed E-state index contributed by atoms with van der Waals surface area (Å²) in [6.45, 7) is 1.69. The van der Waals surface area contributed by atoms with Crippen LogP contribution in [0.4, 0.5) is 0 Å². The first kappa shape index (κ1) is 29.6. The van der Waals surface area contributed by atoms with Crippen LogP contribution in [-0.4, -0.2) is 64.1 Å². The fraction of sp³-hybridized carbons (Fsp3) is 0.471. The fourth-order valence-electron chi connectivity index (χ4n) is 7.00. The van der Waals surface area contributed by atoms with E-state index in [1.54, 1.807) is 18.5 Å². The molecule has 2 aliphatic heterocycles. The fourth-order valence-corrected chi connectivity index (χ4v) is 7.72. The highest BCUT2D eigenvalue weighted by Crippen LogP contribution is 2.47. The molecule has 0 radical (unpaired) electrons. The van der Waals surface area contributed by atoms with E-state index in [0.29, 0.717) is 36.7 Å². The molecule has 2 amide bonds. The minimum atomic E-state index is -1.62. The average molecular weight is 603 g/mol.